The Hall–Kier alpha value is -1.41. The summed E-state index contributed by atoms with van der Waals surface area (Å²) in [5, 5.41) is 2.67. The number of hydrogen-bond acceptors (Lipinski definition) is 6. The molecule has 0 aromatic carbocycles. The van der Waals surface area contributed by atoms with Crippen molar-refractivity contribution in [3.05, 3.63) is 30.1 Å². The topological polar surface area (TPSA) is 71.5 Å². The maximum absolute atomic E-state index is 12.8. The predicted molar refractivity (Wildman–Crippen MR) is 107 cm³/mol. The van der Waals surface area contributed by atoms with Crippen molar-refractivity contribution in [1.29, 1.82) is 0 Å². The molecule has 1 unspecified atom stereocenters. The van der Waals surface area contributed by atoms with Gasteiger partial charge in [-0.15, -0.1) is 11.8 Å². The van der Waals surface area contributed by atoms with E-state index in [1.54, 1.807) is 40.8 Å². The average Bonchev–Trinajstić information content (AvgIpc) is 3.03. The van der Waals surface area contributed by atoms with Gasteiger partial charge in [0.2, 0.25) is 5.91 Å². The molecule has 2 amide bonds. The molecule has 6 nitrogen and oxygen atoms in total. The van der Waals surface area contributed by atoms with Gasteiger partial charge in [-0.25, -0.2) is 4.79 Å². The molecule has 0 bridgehead atoms. The molecule has 2 heterocycles. The van der Waals surface area contributed by atoms with Crippen LogP contribution >= 0.6 is 23.5 Å². The number of amides is 2. The van der Waals surface area contributed by atoms with E-state index in [2.05, 4.69) is 10.3 Å². The van der Waals surface area contributed by atoms with Crippen LogP contribution < -0.4 is 5.32 Å². The third kappa shape index (κ3) is 5.81. The van der Waals surface area contributed by atoms with E-state index in [9.17, 15) is 9.59 Å². The van der Waals surface area contributed by atoms with Gasteiger partial charge < -0.3 is 10.1 Å². The normalized spacial score (nSPS) is 20.1. The number of nitrogens with one attached hydrogen (secondary N) is 1. The van der Waals surface area contributed by atoms with Crippen LogP contribution in [0.1, 0.15) is 38.1 Å². The van der Waals surface area contributed by atoms with Crippen molar-refractivity contribution in [3.8, 4) is 0 Å². The highest BCUT2D eigenvalue weighted by Gasteiger charge is 2.44. The second-order valence-electron chi connectivity index (χ2n) is 7.01. The monoisotopic (exact) mass is 397 g/mol. The van der Waals surface area contributed by atoms with E-state index in [4.69, 9.17) is 4.74 Å². The Morgan fingerprint density at radius 2 is 2.23 bits per heavy atom. The van der Waals surface area contributed by atoms with E-state index in [1.165, 1.54) is 0 Å². The van der Waals surface area contributed by atoms with E-state index < -0.39 is 17.7 Å². The molecule has 1 aliphatic rings. The van der Waals surface area contributed by atoms with Crippen molar-refractivity contribution in [1.82, 2.24) is 15.2 Å². The summed E-state index contributed by atoms with van der Waals surface area (Å²) in [6.07, 6.45) is 5.90. The number of pyridine rings is 1. The predicted octanol–water partition coefficient (Wildman–Crippen LogP) is 3.30. The smallest absolute Gasteiger partial charge is 0.412 e. The largest absolute Gasteiger partial charge is 0.444 e. The van der Waals surface area contributed by atoms with Crippen molar-refractivity contribution in [2.75, 3.05) is 24.3 Å². The Labute approximate surface area is 163 Å². The molecule has 2 rings (SSSR count). The molecule has 0 saturated carbocycles. The van der Waals surface area contributed by atoms with Crippen LogP contribution in [0, 0.1) is 0 Å². The summed E-state index contributed by atoms with van der Waals surface area (Å²) >= 11 is 3.31. The lowest BCUT2D eigenvalue weighted by molar-refractivity contribution is -0.125. The number of hydrogen-bond donors (Lipinski definition) is 1. The van der Waals surface area contributed by atoms with Gasteiger partial charge in [0.15, 0.2) is 0 Å². The van der Waals surface area contributed by atoms with Crippen molar-refractivity contribution < 1.29 is 14.3 Å². The maximum atomic E-state index is 12.8. The summed E-state index contributed by atoms with van der Waals surface area (Å²) in [6.45, 7) is 6.08. The fourth-order valence-electron chi connectivity index (χ4n) is 2.57. The van der Waals surface area contributed by atoms with Crippen LogP contribution in [0.3, 0.4) is 0 Å². The number of aromatic nitrogens is 1. The zero-order valence-electron chi connectivity index (χ0n) is 15.7. The number of ether oxygens (including phenoxy) is 1. The minimum atomic E-state index is -0.622. The van der Waals surface area contributed by atoms with Gasteiger partial charge in [-0.05, 0) is 45.3 Å². The third-order valence-corrected chi connectivity index (χ3v) is 5.72. The lowest BCUT2D eigenvalue weighted by atomic mass is 10.2. The number of rotatable bonds is 6. The second-order valence-corrected chi connectivity index (χ2v) is 9.11. The van der Waals surface area contributed by atoms with Gasteiger partial charge in [-0.1, -0.05) is 6.07 Å². The number of carbonyl (C=O) groups is 2. The number of thioether (sulfide) groups is 2. The fourth-order valence-corrected chi connectivity index (χ4v) is 4.41. The third-order valence-electron chi connectivity index (χ3n) is 3.70. The first-order valence-corrected chi connectivity index (χ1v) is 11.1. The first-order chi connectivity index (χ1) is 12.3. The molecule has 1 aromatic rings. The molecule has 144 valence electrons. The first-order valence-electron chi connectivity index (χ1n) is 8.63. The zero-order chi connectivity index (χ0) is 19.2. The zero-order valence-corrected chi connectivity index (χ0v) is 17.4. The SMILES string of the molecule is CSCCCNC(=O)[C@@H]1CSC(c2cccnc2)N1C(=O)OC(C)(C)C. The molecule has 26 heavy (non-hydrogen) atoms. The van der Waals surface area contributed by atoms with Crippen molar-refractivity contribution in [3.63, 3.8) is 0 Å². The van der Waals surface area contributed by atoms with Gasteiger partial charge >= 0.3 is 6.09 Å². The van der Waals surface area contributed by atoms with E-state index in [1.807, 2.05) is 39.2 Å². The average molecular weight is 398 g/mol. The van der Waals surface area contributed by atoms with Gasteiger partial charge in [-0.2, -0.15) is 11.8 Å². The van der Waals surface area contributed by atoms with Gasteiger partial charge in [0.1, 0.15) is 17.0 Å². The summed E-state index contributed by atoms with van der Waals surface area (Å²) < 4.78 is 5.57. The molecule has 1 fully saturated rings. The molecule has 0 radical (unpaired) electrons. The van der Waals surface area contributed by atoms with Crippen LogP contribution in [0.15, 0.2) is 24.5 Å². The van der Waals surface area contributed by atoms with Crippen LogP contribution in [0.2, 0.25) is 0 Å². The van der Waals surface area contributed by atoms with Crippen molar-refractivity contribution >= 4 is 35.5 Å². The Kier molecular flexibility index (Phi) is 7.64. The fraction of sp³-hybridized carbons (Fsp3) is 0.611. The highest BCUT2D eigenvalue weighted by Crippen LogP contribution is 2.41. The molecule has 2 atom stereocenters. The maximum Gasteiger partial charge on any atom is 0.412 e. The summed E-state index contributed by atoms with van der Waals surface area (Å²) in [4.78, 5) is 31.2. The Bertz CT molecular complexity index is 607. The number of nitrogens with zero attached hydrogens (tertiary/aromatic N) is 2. The van der Waals surface area contributed by atoms with Crippen LogP contribution in [-0.2, 0) is 9.53 Å². The molecular weight excluding hydrogens is 370 g/mol. The van der Waals surface area contributed by atoms with Gasteiger partial charge in [-0.3, -0.25) is 14.7 Å². The summed E-state index contributed by atoms with van der Waals surface area (Å²) in [6, 6.07) is 3.20. The van der Waals surface area contributed by atoms with Crippen LogP contribution in [0.25, 0.3) is 0 Å². The van der Waals surface area contributed by atoms with Crippen LogP contribution in [0.4, 0.5) is 4.79 Å². The summed E-state index contributed by atoms with van der Waals surface area (Å²) in [5.41, 5.74) is 0.268. The van der Waals surface area contributed by atoms with Crippen molar-refractivity contribution in [2.45, 2.75) is 44.2 Å². The summed E-state index contributed by atoms with van der Waals surface area (Å²) in [7, 11) is 0. The molecular formula is C18H27N3O3S2. The van der Waals surface area contributed by atoms with E-state index >= 15 is 0 Å². The molecule has 1 N–H and O–H groups in total. The Morgan fingerprint density at radius 1 is 1.46 bits per heavy atom. The number of carbonyl (C=O) groups excluding carboxylic acids is 2. The highest BCUT2D eigenvalue weighted by molar-refractivity contribution is 7.99. The van der Waals surface area contributed by atoms with Gasteiger partial charge in [0, 0.05) is 30.3 Å². The molecule has 8 heteroatoms. The Morgan fingerprint density at radius 3 is 2.85 bits per heavy atom. The van der Waals surface area contributed by atoms with Gasteiger partial charge in [0.25, 0.3) is 0 Å². The highest BCUT2D eigenvalue weighted by atomic mass is 32.2. The molecule has 1 saturated heterocycles. The Balaban J connectivity index is 2.15. The molecule has 0 aliphatic carbocycles. The van der Waals surface area contributed by atoms with Gasteiger partial charge in [0.05, 0.1) is 0 Å². The lowest BCUT2D eigenvalue weighted by Gasteiger charge is -2.31. The minimum Gasteiger partial charge on any atom is -0.444 e. The second kappa shape index (κ2) is 9.50. The van der Waals surface area contributed by atoms with E-state index in [0.29, 0.717) is 12.3 Å². The molecule has 1 aliphatic heterocycles. The lowest BCUT2D eigenvalue weighted by Crippen LogP contribution is -2.49. The van der Waals surface area contributed by atoms with Crippen LogP contribution in [-0.4, -0.2) is 57.8 Å². The van der Waals surface area contributed by atoms with Crippen LogP contribution in [0.5, 0.6) is 0 Å². The summed E-state index contributed by atoms with van der Waals surface area (Å²) in [5.74, 6) is 1.40. The molecule has 1 aromatic heterocycles. The first kappa shape index (κ1) is 20.9. The standard InChI is InChI=1S/C18H27N3O3S2/c1-18(2,3)24-17(23)21-14(15(22)20-9-6-10-25-4)12-26-16(21)13-7-5-8-19-11-13/h5,7-8,11,14,16H,6,9-10,12H2,1-4H3,(H,20,22)/t14-,16?/m0/s1. The minimum absolute atomic E-state index is 0.129. The van der Waals surface area contributed by atoms with Crippen molar-refractivity contribution in [2.24, 2.45) is 0 Å². The molecule has 0 spiro atoms. The van der Waals surface area contributed by atoms with E-state index in [-0.39, 0.29) is 11.3 Å². The van der Waals surface area contributed by atoms with E-state index in [0.717, 1.165) is 17.7 Å². The quantitative estimate of drug-likeness (QED) is 0.743.